The van der Waals surface area contributed by atoms with Crippen LogP contribution < -0.4 is 5.32 Å². The van der Waals surface area contributed by atoms with E-state index in [1.165, 1.54) is 141 Å². The molecule has 0 radical (unpaired) electrons. The number of carbonyl (C=O) groups is 3. The number of ether oxygens (including phenoxy) is 3. The third-order valence-electron chi connectivity index (χ3n) is 9.87. The van der Waals surface area contributed by atoms with Crippen LogP contribution in [0.3, 0.4) is 0 Å². The van der Waals surface area contributed by atoms with Gasteiger partial charge in [0.2, 0.25) is 0 Å². The predicted molar refractivity (Wildman–Crippen MR) is 229 cm³/mol. The molecule has 0 rings (SSSR count). The number of alkyl carbamates (subject to hydrolysis) is 1. The Labute approximate surface area is 344 Å². The van der Waals surface area contributed by atoms with Gasteiger partial charge in [0, 0.05) is 24.0 Å². The van der Waals surface area contributed by atoms with Gasteiger partial charge in [-0.15, -0.1) is 15.6 Å². The Morgan fingerprint density at radius 3 is 1.45 bits per heavy atom. The number of unbranched alkanes of at least 4 members (excludes halogenated alkanes) is 27. The summed E-state index contributed by atoms with van der Waals surface area (Å²) in [6.45, 7) is 7.88. The van der Waals surface area contributed by atoms with Crippen molar-refractivity contribution in [2.24, 2.45) is 0 Å². The fourth-order valence-electron chi connectivity index (χ4n) is 6.46. The molecule has 0 aliphatic carbocycles. The predicted octanol–water partition coefficient (Wildman–Crippen LogP) is 13.6. The van der Waals surface area contributed by atoms with E-state index in [-0.39, 0.29) is 38.8 Å². The molecule has 0 bridgehead atoms. The number of esters is 2. The maximum Gasteiger partial charge on any atom is 0.697 e. The van der Waals surface area contributed by atoms with E-state index < -0.39 is 26.4 Å². The first-order valence-electron chi connectivity index (χ1n) is 23.0. The van der Waals surface area contributed by atoms with E-state index in [0.29, 0.717) is 19.4 Å². The smallest absolute Gasteiger partial charge is 0.462 e. The Bertz CT molecular complexity index is 935. The molecule has 0 aliphatic heterocycles. The largest absolute Gasteiger partial charge is 0.697 e. The lowest BCUT2D eigenvalue weighted by atomic mass is 10.0. The highest BCUT2D eigenvalue weighted by molar-refractivity contribution is 7.33. The first-order valence-corrected chi connectivity index (χ1v) is 24.1. The minimum atomic E-state index is -2.54. The van der Waals surface area contributed by atoms with Crippen LogP contribution in [0.25, 0.3) is 0 Å². The van der Waals surface area contributed by atoms with Crippen molar-refractivity contribution < 1.29 is 42.2 Å². The number of carbonyl (C=O) groups excluding carboxylic acids is 3. The SMILES string of the molecule is C=CCCCCCCCCCCCCCCCC(=O)OC[C@H](CO[P+](=O)OCCNC(=O)OCCC)OC(=O)CCCCCCCCCCCCCCCCC. The molecule has 1 unspecified atom stereocenters. The zero-order valence-corrected chi connectivity index (χ0v) is 37.0. The van der Waals surface area contributed by atoms with Crippen molar-refractivity contribution >= 4 is 26.3 Å². The van der Waals surface area contributed by atoms with Crippen LogP contribution in [0, 0.1) is 0 Å². The van der Waals surface area contributed by atoms with Crippen LogP contribution in [-0.4, -0.2) is 57.1 Å². The van der Waals surface area contributed by atoms with Gasteiger partial charge in [0.1, 0.15) is 19.8 Å². The van der Waals surface area contributed by atoms with Gasteiger partial charge in [0.15, 0.2) is 6.10 Å². The quantitative estimate of drug-likeness (QED) is 0.0210. The number of hydrogen-bond acceptors (Lipinski definition) is 9. The van der Waals surface area contributed by atoms with Gasteiger partial charge in [-0.1, -0.05) is 180 Å². The van der Waals surface area contributed by atoms with Crippen molar-refractivity contribution in [3.63, 3.8) is 0 Å². The summed E-state index contributed by atoms with van der Waals surface area (Å²) >= 11 is 0. The molecule has 328 valence electrons. The molecular formula is C45H85NO9P+. The minimum absolute atomic E-state index is 0.0496. The highest BCUT2D eigenvalue weighted by Gasteiger charge is 2.26. The van der Waals surface area contributed by atoms with Crippen molar-refractivity contribution in [2.45, 2.75) is 225 Å². The summed E-state index contributed by atoms with van der Waals surface area (Å²) in [6.07, 6.45) is 37.4. The number of amides is 1. The van der Waals surface area contributed by atoms with Crippen LogP contribution in [-0.2, 0) is 37.4 Å². The van der Waals surface area contributed by atoms with Crippen molar-refractivity contribution in [3.8, 4) is 0 Å². The fourth-order valence-corrected chi connectivity index (χ4v) is 7.07. The standard InChI is InChI=1S/C45H84NO9P/c1-4-7-9-11-13-15-17-19-21-23-25-27-29-31-33-35-43(47)52-40-42(41-54-56(50)53-39-37-46-45(49)51-38-6-3)55-44(48)36-34-32-30-28-26-24-22-20-18-16-14-12-10-8-5-2/h4,42H,1,5-41H2,2-3H3/p+1/t42-/m1/s1. The summed E-state index contributed by atoms with van der Waals surface area (Å²) in [5.41, 5.74) is 0. The maximum absolute atomic E-state index is 12.7. The van der Waals surface area contributed by atoms with E-state index in [1.54, 1.807) is 0 Å². The first kappa shape index (κ1) is 54.0. The molecular weight excluding hydrogens is 729 g/mol. The number of allylic oxidation sites excluding steroid dienone is 1. The summed E-state index contributed by atoms with van der Waals surface area (Å²) in [5.74, 6) is -0.742. The lowest BCUT2D eigenvalue weighted by molar-refractivity contribution is -0.161. The van der Waals surface area contributed by atoms with E-state index in [0.717, 1.165) is 44.9 Å². The molecule has 0 saturated heterocycles. The molecule has 2 atom stereocenters. The van der Waals surface area contributed by atoms with E-state index in [4.69, 9.17) is 23.3 Å². The molecule has 0 fully saturated rings. The molecule has 0 aromatic carbocycles. The lowest BCUT2D eigenvalue weighted by Crippen LogP contribution is -2.29. The van der Waals surface area contributed by atoms with E-state index in [1.807, 2.05) is 13.0 Å². The van der Waals surface area contributed by atoms with Crippen LogP contribution in [0.15, 0.2) is 12.7 Å². The second-order valence-corrected chi connectivity index (χ2v) is 16.3. The van der Waals surface area contributed by atoms with Gasteiger partial charge in [-0.25, -0.2) is 4.79 Å². The lowest BCUT2D eigenvalue weighted by Gasteiger charge is -2.16. The molecule has 10 nitrogen and oxygen atoms in total. The molecule has 0 spiro atoms. The van der Waals surface area contributed by atoms with Crippen molar-refractivity contribution in [3.05, 3.63) is 12.7 Å². The highest BCUT2D eigenvalue weighted by atomic mass is 31.1. The summed E-state index contributed by atoms with van der Waals surface area (Å²) in [4.78, 5) is 36.7. The Kier molecular flexibility index (Phi) is 42.5. The fraction of sp³-hybridized carbons (Fsp3) is 0.889. The molecule has 0 aromatic rings. The second kappa shape index (κ2) is 44.1. The van der Waals surface area contributed by atoms with Gasteiger partial charge in [0.25, 0.3) is 0 Å². The molecule has 0 aromatic heterocycles. The van der Waals surface area contributed by atoms with Crippen LogP contribution in [0.1, 0.15) is 219 Å². The summed E-state index contributed by atoms with van der Waals surface area (Å²) < 4.78 is 38.7. The van der Waals surface area contributed by atoms with Gasteiger partial charge in [0.05, 0.1) is 6.61 Å². The monoisotopic (exact) mass is 815 g/mol. The Morgan fingerprint density at radius 2 is 0.982 bits per heavy atom. The molecule has 11 heteroatoms. The van der Waals surface area contributed by atoms with E-state index in [2.05, 4.69) is 18.8 Å². The third-order valence-corrected chi connectivity index (χ3v) is 10.6. The van der Waals surface area contributed by atoms with E-state index >= 15 is 0 Å². The zero-order chi connectivity index (χ0) is 41.0. The van der Waals surface area contributed by atoms with Crippen molar-refractivity contribution in [1.82, 2.24) is 5.32 Å². The number of hydrogen-bond donors (Lipinski definition) is 1. The van der Waals surface area contributed by atoms with Crippen LogP contribution in [0.2, 0.25) is 0 Å². The first-order chi connectivity index (χ1) is 27.4. The zero-order valence-electron chi connectivity index (χ0n) is 36.1. The van der Waals surface area contributed by atoms with E-state index in [9.17, 15) is 18.9 Å². The average Bonchev–Trinajstić information content (AvgIpc) is 3.19. The third kappa shape index (κ3) is 41.6. The van der Waals surface area contributed by atoms with Gasteiger partial charge in [-0.2, -0.15) is 0 Å². The second-order valence-electron chi connectivity index (χ2n) is 15.3. The Hall–Kier alpha value is -2.03. The van der Waals surface area contributed by atoms with Crippen LogP contribution in [0.5, 0.6) is 0 Å². The summed E-state index contributed by atoms with van der Waals surface area (Å²) in [5, 5.41) is 2.50. The molecule has 1 amide bonds. The molecule has 0 aliphatic rings. The topological polar surface area (TPSA) is 126 Å². The molecule has 56 heavy (non-hydrogen) atoms. The van der Waals surface area contributed by atoms with Gasteiger partial charge >= 0.3 is 26.3 Å². The van der Waals surface area contributed by atoms with Crippen LogP contribution in [0.4, 0.5) is 4.79 Å². The van der Waals surface area contributed by atoms with Gasteiger partial charge in [-0.05, 0) is 32.1 Å². The molecule has 0 heterocycles. The highest BCUT2D eigenvalue weighted by Crippen LogP contribution is 2.24. The Balaban J connectivity index is 4.29. The Morgan fingerprint density at radius 1 is 0.536 bits per heavy atom. The summed E-state index contributed by atoms with van der Waals surface area (Å²) in [7, 11) is -2.54. The number of rotatable bonds is 44. The number of nitrogens with one attached hydrogen (secondary N) is 1. The molecule has 1 N–H and O–H groups in total. The van der Waals surface area contributed by atoms with Crippen molar-refractivity contribution in [1.29, 1.82) is 0 Å². The summed E-state index contributed by atoms with van der Waals surface area (Å²) in [6, 6.07) is 0. The minimum Gasteiger partial charge on any atom is -0.462 e. The average molecular weight is 815 g/mol. The van der Waals surface area contributed by atoms with Crippen LogP contribution >= 0.6 is 8.25 Å². The van der Waals surface area contributed by atoms with Crippen molar-refractivity contribution in [2.75, 3.05) is 33.0 Å². The normalized spacial score (nSPS) is 11.9. The molecule has 0 saturated carbocycles. The maximum atomic E-state index is 12.7. The van der Waals surface area contributed by atoms with Gasteiger partial charge in [-0.3, -0.25) is 9.59 Å². The van der Waals surface area contributed by atoms with Gasteiger partial charge < -0.3 is 19.5 Å².